The highest BCUT2D eigenvalue weighted by Crippen LogP contribution is 2.28. The molecule has 1 unspecified atom stereocenters. The van der Waals surface area contributed by atoms with Gasteiger partial charge in [-0.3, -0.25) is 9.59 Å². The van der Waals surface area contributed by atoms with E-state index in [0.29, 0.717) is 21.4 Å². The van der Waals surface area contributed by atoms with Crippen molar-refractivity contribution in [1.29, 1.82) is 0 Å². The number of primary amides is 1. The highest BCUT2D eigenvalue weighted by Gasteiger charge is 2.21. The monoisotopic (exact) mass is 443 g/mol. The van der Waals surface area contributed by atoms with Gasteiger partial charge in [0, 0.05) is 28.4 Å². The maximum atomic E-state index is 12.6. The second-order valence-corrected chi connectivity index (χ2v) is 8.40. The number of aromatic nitrogens is 3. The molecule has 156 valence electrons. The number of carbonyl (C=O) groups excluding carboxylic acids is 2. The summed E-state index contributed by atoms with van der Waals surface area (Å²) in [5.41, 5.74) is 7.13. The summed E-state index contributed by atoms with van der Waals surface area (Å²) in [5.74, 6) is 0.0557. The van der Waals surface area contributed by atoms with Crippen LogP contribution in [-0.2, 0) is 11.3 Å². The minimum atomic E-state index is -0.511. The van der Waals surface area contributed by atoms with Crippen LogP contribution in [0.3, 0.4) is 0 Å². The van der Waals surface area contributed by atoms with E-state index in [9.17, 15) is 9.59 Å². The standard InChI is InChI=1S/C21H22ClN5O2S/c1-3-12-27-19(15-4-8-16(22)9-5-15)25-26-21(27)30-13(2)20(29)24-17-10-6-14(7-11-17)18(23)28/h4-11,13H,3,12H2,1-2H3,(H2,23,28)(H,24,29). The molecule has 0 saturated carbocycles. The maximum absolute atomic E-state index is 12.6. The van der Waals surface area contributed by atoms with Gasteiger partial charge in [0.25, 0.3) is 0 Å². The number of thioether (sulfide) groups is 1. The van der Waals surface area contributed by atoms with E-state index in [1.807, 2.05) is 35.8 Å². The summed E-state index contributed by atoms with van der Waals surface area (Å²) in [7, 11) is 0. The Balaban J connectivity index is 1.73. The minimum absolute atomic E-state index is 0.175. The second kappa shape index (κ2) is 9.77. The molecule has 3 N–H and O–H groups in total. The number of nitrogens with two attached hydrogens (primary N) is 1. The fourth-order valence-corrected chi connectivity index (χ4v) is 3.79. The molecule has 3 rings (SSSR count). The number of rotatable bonds is 8. The quantitative estimate of drug-likeness (QED) is 0.507. The van der Waals surface area contributed by atoms with E-state index in [2.05, 4.69) is 22.4 Å². The van der Waals surface area contributed by atoms with Crippen LogP contribution in [0, 0.1) is 0 Å². The Labute approximate surface area is 184 Å². The molecule has 0 fully saturated rings. The predicted molar refractivity (Wildman–Crippen MR) is 120 cm³/mol. The molecule has 9 heteroatoms. The van der Waals surface area contributed by atoms with E-state index in [0.717, 1.165) is 24.4 Å². The summed E-state index contributed by atoms with van der Waals surface area (Å²) in [5, 5.41) is 12.4. The van der Waals surface area contributed by atoms with Gasteiger partial charge in [0.1, 0.15) is 0 Å². The third kappa shape index (κ3) is 5.20. The highest BCUT2D eigenvalue weighted by molar-refractivity contribution is 8.00. The molecule has 0 saturated heterocycles. The fraction of sp³-hybridized carbons (Fsp3) is 0.238. The van der Waals surface area contributed by atoms with E-state index < -0.39 is 11.2 Å². The number of halogens is 1. The first kappa shape index (κ1) is 21.9. The van der Waals surface area contributed by atoms with Crippen LogP contribution in [0.2, 0.25) is 5.02 Å². The van der Waals surface area contributed by atoms with E-state index in [1.165, 1.54) is 11.8 Å². The lowest BCUT2D eigenvalue weighted by Gasteiger charge is -2.13. The molecule has 0 aliphatic rings. The van der Waals surface area contributed by atoms with Crippen LogP contribution >= 0.6 is 23.4 Å². The first-order valence-corrected chi connectivity index (χ1v) is 10.7. The second-order valence-electron chi connectivity index (χ2n) is 6.66. The van der Waals surface area contributed by atoms with Gasteiger partial charge < -0.3 is 15.6 Å². The predicted octanol–water partition coefficient (Wildman–Crippen LogP) is 4.23. The maximum Gasteiger partial charge on any atom is 0.248 e. The van der Waals surface area contributed by atoms with Crippen molar-refractivity contribution in [2.24, 2.45) is 5.73 Å². The largest absolute Gasteiger partial charge is 0.366 e. The highest BCUT2D eigenvalue weighted by atomic mass is 35.5. The van der Waals surface area contributed by atoms with Gasteiger partial charge in [0.15, 0.2) is 11.0 Å². The van der Waals surface area contributed by atoms with Gasteiger partial charge >= 0.3 is 0 Å². The summed E-state index contributed by atoms with van der Waals surface area (Å²) in [6, 6.07) is 13.9. The van der Waals surface area contributed by atoms with Crippen molar-refractivity contribution in [2.45, 2.75) is 37.2 Å². The molecular weight excluding hydrogens is 422 g/mol. The molecule has 3 aromatic rings. The molecule has 1 atom stereocenters. The molecule has 1 heterocycles. The number of nitrogens with zero attached hydrogens (tertiary/aromatic N) is 3. The van der Waals surface area contributed by atoms with Crippen LogP contribution in [-0.4, -0.2) is 31.8 Å². The van der Waals surface area contributed by atoms with Crippen molar-refractivity contribution >= 4 is 40.9 Å². The van der Waals surface area contributed by atoms with E-state index in [4.69, 9.17) is 17.3 Å². The fourth-order valence-electron chi connectivity index (χ4n) is 2.79. The third-order valence-electron chi connectivity index (χ3n) is 4.35. The molecule has 0 radical (unpaired) electrons. The number of nitrogens with one attached hydrogen (secondary N) is 1. The first-order valence-electron chi connectivity index (χ1n) is 9.45. The van der Waals surface area contributed by atoms with Gasteiger partial charge in [-0.05, 0) is 61.9 Å². The average Bonchev–Trinajstić information content (AvgIpc) is 3.11. The Morgan fingerprint density at radius 2 is 1.80 bits per heavy atom. The zero-order valence-electron chi connectivity index (χ0n) is 16.6. The topological polar surface area (TPSA) is 103 Å². The van der Waals surface area contributed by atoms with Gasteiger partial charge in [-0.25, -0.2) is 0 Å². The first-order chi connectivity index (χ1) is 14.4. The summed E-state index contributed by atoms with van der Waals surface area (Å²) in [4.78, 5) is 23.8. The molecule has 2 aromatic carbocycles. The molecule has 1 aromatic heterocycles. The molecule has 30 heavy (non-hydrogen) atoms. The molecule has 0 aliphatic heterocycles. The Morgan fingerprint density at radius 1 is 1.13 bits per heavy atom. The van der Waals surface area contributed by atoms with Gasteiger partial charge in [-0.15, -0.1) is 10.2 Å². The molecule has 7 nitrogen and oxygen atoms in total. The number of amides is 2. The lowest BCUT2D eigenvalue weighted by molar-refractivity contribution is -0.115. The van der Waals surface area contributed by atoms with Crippen molar-refractivity contribution in [3.63, 3.8) is 0 Å². The Hall–Kier alpha value is -2.84. The lowest BCUT2D eigenvalue weighted by atomic mass is 10.2. The summed E-state index contributed by atoms with van der Waals surface area (Å²) in [6.07, 6.45) is 0.902. The normalized spacial score (nSPS) is 11.8. The van der Waals surface area contributed by atoms with Crippen LogP contribution in [0.15, 0.2) is 53.7 Å². The van der Waals surface area contributed by atoms with Gasteiger partial charge in [-0.1, -0.05) is 30.3 Å². The van der Waals surface area contributed by atoms with Gasteiger partial charge in [0.05, 0.1) is 5.25 Å². The Kier molecular flexibility index (Phi) is 7.12. The molecule has 0 spiro atoms. The lowest BCUT2D eigenvalue weighted by Crippen LogP contribution is -2.23. The van der Waals surface area contributed by atoms with Crippen molar-refractivity contribution < 1.29 is 9.59 Å². The molecule has 0 bridgehead atoms. The number of carbonyl (C=O) groups is 2. The minimum Gasteiger partial charge on any atom is -0.366 e. The van der Waals surface area contributed by atoms with Crippen LogP contribution in [0.25, 0.3) is 11.4 Å². The van der Waals surface area contributed by atoms with Crippen LogP contribution in [0.4, 0.5) is 5.69 Å². The van der Waals surface area contributed by atoms with Crippen LogP contribution in [0.1, 0.15) is 30.6 Å². The van der Waals surface area contributed by atoms with Crippen molar-refractivity contribution in [1.82, 2.24) is 14.8 Å². The zero-order chi connectivity index (χ0) is 21.7. The Bertz CT molecular complexity index is 1030. The molecular formula is C21H22ClN5O2S. The Morgan fingerprint density at radius 3 is 2.40 bits per heavy atom. The van der Waals surface area contributed by atoms with E-state index >= 15 is 0 Å². The number of hydrogen-bond acceptors (Lipinski definition) is 5. The molecule has 0 aliphatic carbocycles. The number of anilines is 1. The smallest absolute Gasteiger partial charge is 0.248 e. The zero-order valence-corrected chi connectivity index (χ0v) is 18.2. The van der Waals surface area contributed by atoms with Crippen molar-refractivity contribution in [2.75, 3.05) is 5.32 Å². The SMILES string of the molecule is CCCn1c(SC(C)C(=O)Nc2ccc(C(N)=O)cc2)nnc1-c1ccc(Cl)cc1. The van der Waals surface area contributed by atoms with Crippen LogP contribution < -0.4 is 11.1 Å². The van der Waals surface area contributed by atoms with Gasteiger partial charge in [-0.2, -0.15) is 0 Å². The van der Waals surface area contributed by atoms with E-state index in [1.54, 1.807) is 24.3 Å². The third-order valence-corrected chi connectivity index (χ3v) is 5.69. The van der Waals surface area contributed by atoms with Crippen molar-refractivity contribution in [3.8, 4) is 11.4 Å². The van der Waals surface area contributed by atoms with Crippen LogP contribution in [0.5, 0.6) is 0 Å². The average molecular weight is 444 g/mol. The summed E-state index contributed by atoms with van der Waals surface area (Å²) >= 11 is 7.33. The van der Waals surface area contributed by atoms with Gasteiger partial charge in [0.2, 0.25) is 11.8 Å². The van der Waals surface area contributed by atoms with Crippen molar-refractivity contribution in [3.05, 3.63) is 59.1 Å². The number of hydrogen-bond donors (Lipinski definition) is 2. The summed E-state index contributed by atoms with van der Waals surface area (Å²) < 4.78 is 2.01. The van der Waals surface area contributed by atoms with E-state index in [-0.39, 0.29) is 5.91 Å². The molecule has 2 amide bonds. The summed E-state index contributed by atoms with van der Waals surface area (Å²) in [6.45, 7) is 4.62. The number of benzene rings is 2.